The van der Waals surface area contributed by atoms with Gasteiger partial charge < -0.3 is 10.0 Å². The maximum absolute atomic E-state index is 9.72. The standard InChI is InChI=1S/C15H21N5O/c16-19-15-17-13-8-4-3-7-12(13)14(18-15)20-9-5-1-2-6-11(20)10-21/h3-4,7-8,11,21H,1-2,5-6,9-10,16H2,(H,17,18,19). The quantitative estimate of drug-likeness (QED) is 0.588. The maximum atomic E-state index is 9.72. The molecule has 112 valence electrons. The van der Waals surface area contributed by atoms with Gasteiger partial charge in [-0.2, -0.15) is 4.98 Å². The monoisotopic (exact) mass is 287 g/mol. The summed E-state index contributed by atoms with van der Waals surface area (Å²) in [6.07, 6.45) is 4.44. The van der Waals surface area contributed by atoms with Crippen molar-refractivity contribution in [1.82, 2.24) is 9.97 Å². The van der Waals surface area contributed by atoms with Crippen molar-refractivity contribution >= 4 is 22.7 Å². The zero-order valence-corrected chi connectivity index (χ0v) is 12.0. The SMILES string of the molecule is NNc1nc(N2CCCCCC2CO)c2ccccc2n1. The van der Waals surface area contributed by atoms with Crippen LogP contribution in [0, 0.1) is 0 Å². The minimum Gasteiger partial charge on any atom is -0.394 e. The molecule has 2 heterocycles. The highest BCUT2D eigenvalue weighted by atomic mass is 16.3. The van der Waals surface area contributed by atoms with Crippen LogP contribution < -0.4 is 16.2 Å². The first-order chi connectivity index (χ1) is 10.3. The van der Waals surface area contributed by atoms with Crippen molar-refractivity contribution in [2.45, 2.75) is 31.7 Å². The first kappa shape index (κ1) is 14.0. The van der Waals surface area contributed by atoms with Crippen LogP contribution in [0.25, 0.3) is 10.9 Å². The van der Waals surface area contributed by atoms with E-state index in [9.17, 15) is 5.11 Å². The largest absolute Gasteiger partial charge is 0.394 e. The van der Waals surface area contributed by atoms with Gasteiger partial charge in [0.25, 0.3) is 0 Å². The number of aliphatic hydroxyl groups is 1. The van der Waals surface area contributed by atoms with E-state index >= 15 is 0 Å². The molecule has 1 unspecified atom stereocenters. The van der Waals surface area contributed by atoms with Crippen LogP contribution in [0.2, 0.25) is 0 Å². The number of nitrogen functional groups attached to an aromatic ring is 1. The van der Waals surface area contributed by atoms with Gasteiger partial charge in [-0.25, -0.2) is 10.8 Å². The molecule has 0 amide bonds. The van der Waals surface area contributed by atoms with Gasteiger partial charge in [-0.15, -0.1) is 0 Å². The Morgan fingerprint density at radius 2 is 2.10 bits per heavy atom. The van der Waals surface area contributed by atoms with Crippen LogP contribution in [0.4, 0.5) is 11.8 Å². The Morgan fingerprint density at radius 3 is 2.90 bits per heavy atom. The van der Waals surface area contributed by atoms with Crippen molar-refractivity contribution in [3.8, 4) is 0 Å². The van der Waals surface area contributed by atoms with E-state index in [-0.39, 0.29) is 12.6 Å². The number of hydrazine groups is 1. The zero-order valence-electron chi connectivity index (χ0n) is 12.0. The minimum atomic E-state index is 0.108. The number of rotatable bonds is 3. The second-order valence-corrected chi connectivity index (χ2v) is 5.41. The minimum absolute atomic E-state index is 0.108. The number of nitrogens with zero attached hydrogens (tertiary/aromatic N) is 3. The second kappa shape index (κ2) is 6.24. The third kappa shape index (κ3) is 2.77. The molecule has 0 aliphatic carbocycles. The third-order valence-electron chi connectivity index (χ3n) is 4.07. The third-order valence-corrected chi connectivity index (χ3v) is 4.07. The molecule has 1 atom stereocenters. The Morgan fingerprint density at radius 1 is 1.24 bits per heavy atom. The number of nitrogens with two attached hydrogens (primary N) is 1. The van der Waals surface area contributed by atoms with Crippen LogP contribution in [0.1, 0.15) is 25.7 Å². The van der Waals surface area contributed by atoms with Gasteiger partial charge in [-0.3, -0.25) is 5.43 Å². The van der Waals surface area contributed by atoms with Crippen LogP contribution in [0.5, 0.6) is 0 Å². The summed E-state index contributed by atoms with van der Waals surface area (Å²) in [5, 5.41) is 10.7. The number of para-hydroxylation sites is 1. The van der Waals surface area contributed by atoms with Crippen LogP contribution in [0.15, 0.2) is 24.3 Å². The number of aromatic nitrogens is 2. The normalized spacial score (nSPS) is 19.5. The topological polar surface area (TPSA) is 87.3 Å². The zero-order chi connectivity index (χ0) is 14.7. The van der Waals surface area contributed by atoms with Gasteiger partial charge in [-0.1, -0.05) is 25.0 Å². The highest BCUT2D eigenvalue weighted by Crippen LogP contribution is 2.29. The summed E-state index contributed by atoms with van der Waals surface area (Å²) >= 11 is 0. The van der Waals surface area contributed by atoms with E-state index in [1.165, 1.54) is 6.42 Å². The van der Waals surface area contributed by atoms with Crippen molar-refractivity contribution < 1.29 is 5.11 Å². The molecule has 2 aromatic rings. The maximum Gasteiger partial charge on any atom is 0.239 e. The summed E-state index contributed by atoms with van der Waals surface area (Å²) in [7, 11) is 0. The molecule has 6 heteroatoms. The smallest absolute Gasteiger partial charge is 0.239 e. The van der Waals surface area contributed by atoms with Gasteiger partial charge in [-0.05, 0) is 25.0 Å². The lowest BCUT2D eigenvalue weighted by molar-refractivity contribution is 0.255. The predicted octanol–water partition coefficient (Wildman–Crippen LogP) is 1.66. The fourth-order valence-corrected chi connectivity index (χ4v) is 2.99. The van der Waals surface area contributed by atoms with Gasteiger partial charge in [0.05, 0.1) is 18.2 Å². The summed E-state index contributed by atoms with van der Waals surface area (Å²) in [4.78, 5) is 11.1. The fraction of sp³-hybridized carbons (Fsp3) is 0.467. The van der Waals surface area contributed by atoms with E-state index in [0.29, 0.717) is 5.95 Å². The summed E-state index contributed by atoms with van der Waals surface area (Å²) in [5.41, 5.74) is 3.39. The number of benzene rings is 1. The van der Waals surface area contributed by atoms with Gasteiger partial charge in [0.1, 0.15) is 5.82 Å². The molecule has 1 aromatic heterocycles. The van der Waals surface area contributed by atoms with Crippen LogP contribution in [0.3, 0.4) is 0 Å². The lowest BCUT2D eigenvalue weighted by atomic mass is 10.1. The Kier molecular flexibility index (Phi) is 4.17. The number of anilines is 2. The van der Waals surface area contributed by atoms with Gasteiger partial charge in [0.2, 0.25) is 5.95 Å². The highest BCUT2D eigenvalue weighted by molar-refractivity contribution is 5.90. The van der Waals surface area contributed by atoms with Crippen molar-refractivity contribution in [3.05, 3.63) is 24.3 Å². The van der Waals surface area contributed by atoms with Crippen LogP contribution in [-0.4, -0.2) is 34.3 Å². The molecule has 1 aromatic carbocycles. The van der Waals surface area contributed by atoms with Gasteiger partial charge in [0.15, 0.2) is 0 Å². The van der Waals surface area contributed by atoms with E-state index in [1.54, 1.807) is 0 Å². The molecule has 1 saturated heterocycles. The Hall–Kier alpha value is -1.92. The van der Waals surface area contributed by atoms with E-state index in [4.69, 9.17) is 5.84 Å². The van der Waals surface area contributed by atoms with E-state index < -0.39 is 0 Å². The van der Waals surface area contributed by atoms with Crippen LogP contribution >= 0.6 is 0 Å². The first-order valence-corrected chi connectivity index (χ1v) is 7.44. The molecule has 1 aliphatic heterocycles. The molecule has 0 spiro atoms. The molecule has 4 N–H and O–H groups in total. The average molecular weight is 287 g/mol. The average Bonchev–Trinajstić information content (AvgIpc) is 2.78. The van der Waals surface area contributed by atoms with Crippen molar-refractivity contribution in [3.63, 3.8) is 0 Å². The van der Waals surface area contributed by atoms with Crippen molar-refractivity contribution in [2.75, 3.05) is 23.5 Å². The highest BCUT2D eigenvalue weighted by Gasteiger charge is 2.24. The molecule has 6 nitrogen and oxygen atoms in total. The summed E-state index contributed by atoms with van der Waals surface area (Å²) in [6, 6.07) is 8.01. The molecule has 1 fully saturated rings. The lowest BCUT2D eigenvalue weighted by Crippen LogP contribution is -2.38. The Bertz CT molecular complexity index is 618. The van der Waals surface area contributed by atoms with Crippen LogP contribution in [-0.2, 0) is 0 Å². The lowest BCUT2D eigenvalue weighted by Gasteiger charge is -2.30. The molecule has 0 saturated carbocycles. The Labute approximate surface area is 124 Å². The number of nitrogens with one attached hydrogen (secondary N) is 1. The van der Waals surface area contributed by atoms with E-state index in [2.05, 4.69) is 20.3 Å². The molecule has 21 heavy (non-hydrogen) atoms. The molecular weight excluding hydrogens is 266 g/mol. The van der Waals surface area contributed by atoms with Gasteiger partial charge in [0, 0.05) is 11.9 Å². The summed E-state index contributed by atoms with van der Waals surface area (Å²) in [5.74, 6) is 6.76. The second-order valence-electron chi connectivity index (χ2n) is 5.41. The molecule has 0 bridgehead atoms. The van der Waals surface area contributed by atoms with Gasteiger partial charge >= 0.3 is 0 Å². The molecule has 0 radical (unpaired) electrons. The molecular formula is C15H21N5O. The number of aliphatic hydroxyl groups excluding tert-OH is 1. The number of fused-ring (bicyclic) bond motifs is 1. The van der Waals surface area contributed by atoms with E-state index in [1.807, 2.05) is 24.3 Å². The fourth-order valence-electron chi connectivity index (χ4n) is 2.99. The summed E-state index contributed by atoms with van der Waals surface area (Å²) in [6.45, 7) is 1.04. The van der Waals surface area contributed by atoms with Crippen molar-refractivity contribution in [1.29, 1.82) is 0 Å². The molecule has 1 aliphatic rings. The summed E-state index contributed by atoms with van der Waals surface area (Å²) < 4.78 is 0. The van der Waals surface area contributed by atoms with E-state index in [0.717, 1.165) is 42.5 Å². The number of hydrogen-bond acceptors (Lipinski definition) is 6. The molecule has 3 rings (SSSR count). The predicted molar refractivity (Wildman–Crippen MR) is 84.0 cm³/mol. The Balaban J connectivity index is 2.12. The number of hydrogen-bond donors (Lipinski definition) is 3. The van der Waals surface area contributed by atoms with Crippen molar-refractivity contribution in [2.24, 2.45) is 5.84 Å². The first-order valence-electron chi connectivity index (χ1n) is 7.44.